The smallest absolute Gasteiger partial charge is 0.324 e. The highest BCUT2D eigenvalue weighted by Gasteiger charge is 2.32. The summed E-state index contributed by atoms with van der Waals surface area (Å²) >= 11 is 0. The quantitative estimate of drug-likeness (QED) is 0.799. The molecule has 1 aliphatic heterocycles. The number of hydrogen-bond acceptors (Lipinski definition) is 4. The monoisotopic (exact) mass is 299 g/mol. The van der Waals surface area contributed by atoms with Crippen LogP contribution in [0.1, 0.15) is 33.1 Å². The summed E-state index contributed by atoms with van der Waals surface area (Å²) in [7, 11) is 3.66. The predicted molar refractivity (Wildman–Crippen MR) is 77.9 cm³/mol. The molecule has 1 atom stereocenters. The SMILES string of the molecule is CN1CCCC(N(C)C(=O)NC(=O)CC(C)(C)C(=O)O)C1. The Labute approximate surface area is 125 Å². The zero-order valence-corrected chi connectivity index (χ0v) is 13.2. The molecule has 1 aliphatic rings. The van der Waals surface area contributed by atoms with Crippen molar-refractivity contribution in [2.45, 2.75) is 39.2 Å². The van der Waals surface area contributed by atoms with Crippen molar-refractivity contribution in [3.63, 3.8) is 0 Å². The summed E-state index contributed by atoms with van der Waals surface area (Å²) in [6, 6.07) is -0.398. The van der Waals surface area contributed by atoms with E-state index in [0.717, 1.165) is 25.9 Å². The maximum absolute atomic E-state index is 12.0. The van der Waals surface area contributed by atoms with Gasteiger partial charge in [0, 0.05) is 26.1 Å². The molecule has 1 rings (SSSR count). The predicted octanol–water partition coefficient (Wildman–Crippen LogP) is 0.750. The first-order valence-electron chi connectivity index (χ1n) is 7.12. The van der Waals surface area contributed by atoms with Gasteiger partial charge in [0.05, 0.1) is 5.41 Å². The van der Waals surface area contributed by atoms with E-state index in [1.165, 1.54) is 18.7 Å². The van der Waals surface area contributed by atoms with Crippen LogP contribution in [-0.2, 0) is 9.59 Å². The van der Waals surface area contributed by atoms with Crippen molar-refractivity contribution < 1.29 is 19.5 Å². The molecule has 120 valence electrons. The highest BCUT2D eigenvalue weighted by Crippen LogP contribution is 2.20. The topological polar surface area (TPSA) is 90.0 Å². The molecular formula is C14H25N3O4. The Morgan fingerprint density at radius 1 is 1.38 bits per heavy atom. The Morgan fingerprint density at radius 2 is 2.00 bits per heavy atom. The van der Waals surface area contributed by atoms with Gasteiger partial charge >= 0.3 is 12.0 Å². The van der Waals surface area contributed by atoms with Crippen LogP contribution in [0.5, 0.6) is 0 Å². The molecule has 1 fully saturated rings. The van der Waals surface area contributed by atoms with Crippen molar-refractivity contribution in [3.05, 3.63) is 0 Å². The minimum absolute atomic E-state index is 0.0732. The van der Waals surface area contributed by atoms with E-state index in [1.807, 2.05) is 7.05 Å². The van der Waals surface area contributed by atoms with E-state index in [2.05, 4.69) is 10.2 Å². The first-order chi connectivity index (χ1) is 9.63. The molecule has 7 heteroatoms. The number of urea groups is 1. The van der Waals surface area contributed by atoms with E-state index >= 15 is 0 Å². The lowest BCUT2D eigenvalue weighted by molar-refractivity contribution is -0.149. The number of likely N-dealkylation sites (N-methyl/N-ethyl adjacent to an activating group) is 2. The van der Waals surface area contributed by atoms with Crippen molar-refractivity contribution in [2.75, 3.05) is 27.2 Å². The first kappa shape index (κ1) is 17.4. The summed E-state index contributed by atoms with van der Waals surface area (Å²) in [5.74, 6) is -1.63. The molecule has 1 saturated heterocycles. The summed E-state index contributed by atoms with van der Waals surface area (Å²) in [5.41, 5.74) is -1.19. The van der Waals surface area contributed by atoms with Gasteiger partial charge in [-0.1, -0.05) is 0 Å². The molecule has 0 saturated carbocycles. The van der Waals surface area contributed by atoms with E-state index in [1.54, 1.807) is 7.05 Å². The van der Waals surface area contributed by atoms with Crippen LogP contribution in [0.3, 0.4) is 0 Å². The maximum Gasteiger partial charge on any atom is 0.324 e. The fraction of sp³-hybridized carbons (Fsp3) is 0.786. The van der Waals surface area contributed by atoms with E-state index < -0.39 is 23.3 Å². The maximum atomic E-state index is 12.0. The molecule has 3 amide bonds. The van der Waals surface area contributed by atoms with Gasteiger partial charge in [-0.15, -0.1) is 0 Å². The van der Waals surface area contributed by atoms with Crippen molar-refractivity contribution in [2.24, 2.45) is 5.41 Å². The molecular weight excluding hydrogens is 274 g/mol. The van der Waals surface area contributed by atoms with Crippen LogP contribution in [0.15, 0.2) is 0 Å². The van der Waals surface area contributed by atoms with E-state index in [-0.39, 0.29) is 12.5 Å². The van der Waals surface area contributed by atoms with Gasteiger partial charge < -0.3 is 14.9 Å². The van der Waals surface area contributed by atoms with Gasteiger partial charge in [0.2, 0.25) is 5.91 Å². The van der Waals surface area contributed by atoms with Crippen molar-refractivity contribution in [1.82, 2.24) is 15.1 Å². The van der Waals surface area contributed by atoms with Crippen molar-refractivity contribution >= 4 is 17.9 Å². The highest BCUT2D eigenvalue weighted by molar-refractivity contribution is 5.96. The molecule has 1 unspecified atom stereocenters. The lowest BCUT2D eigenvalue weighted by Crippen LogP contribution is -2.52. The van der Waals surface area contributed by atoms with E-state index in [4.69, 9.17) is 5.11 Å². The number of aliphatic carboxylic acids is 1. The number of carbonyl (C=O) groups is 3. The summed E-state index contributed by atoms with van der Waals surface area (Å²) in [6.45, 7) is 4.70. The third-order valence-electron chi connectivity index (χ3n) is 3.90. The van der Waals surface area contributed by atoms with Gasteiger partial charge in [0.15, 0.2) is 0 Å². The Balaban J connectivity index is 2.52. The number of imide groups is 1. The molecule has 7 nitrogen and oxygen atoms in total. The number of nitrogens with one attached hydrogen (secondary N) is 1. The summed E-state index contributed by atoms with van der Waals surface area (Å²) in [6.07, 6.45) is 1.69. The van der Waals surface area contributed by atoms with Gasteiger partial charge in [0.1, 0.15) is 0 Å². The number of amides is 3. The van der Waals surface area contributed by atoms with Crippen LogP contribution in [0.2, 0.25) is 0 Å². The highest BCUT2D eigenvalue weighted by atomic mass is 16.4. The second kappa shape index (κ2) is 6.89. The number of carboxylic acids is 1. The minimum Gasteiger partial charge on any atom is -0.481 e. The Hall–Kier alpha value is -1.63. The standard InChI is InChI=1S/C14H25N3O4/c1-14(2,12(19)20)8-11(18)15-13(21)17(4)10-6-5-7-16(3)9-10/h10H,5-9H2,1-4H3,(H,19,20)(H,15,18,21). The number of carbonyl (C=O) groups excluding carboxylic acids is 2. The minimum atomic E-state index is -1.19. The normalized spacial score (nSPS) is 19.9. The zero-order chi connectivity index (χ0) is 16.2. The van der Waals surface area contributed by atoms with Gasteiger partial charge in [-0.05, 0) is 40.3 Å². The summed E-state index contributed by atoms with van der Waals surface area (Å²) in [5, 5.41) is 11.3. The van der Waals surface area contributed by atoms with Crippen molar-refractivity contribution in [3.8, 4) is 0 Å². The number of likely N-dealkylation sites (tertiary alicyclic amines) is 1. The fourth-order valence-corrected chi connectivity index (χ4v) is 2.35. The van der Waals surface area contributed by atoms with Gasteiger partial charge in [-0.3, -0.25) is 14.9 Å². The first-order valence-corrected chi connectivity index (χ1v) is 7.12. The number of piperidine rings is 1. The molecule has 1 heterocycles. The van der Waals surface area contributed by atoms with Crippen LogP contribution >= 0.6 is 0 Å². The van der Waals surface area contributed by atoms with Crippen LogP contribution < -0.4 is 5.32 Å². The van der Waals surface area contributed by atoms with Crippen LogP contribution in [0.25, 0.3) is 0 Å². The summed E-state index contributed by atoms with van der Waals surface area (Å²) < 4.78 is 0. The second-order valence-corrected chi connectivity index (χ2v) is 6.39. The molecule has 0 bridgehead atoms. The van der Waals surface area contributed by atoms with Crippen molar-refractivity contribution in [1.29, 1.82) is 0 Å². The Kier molecular flexibility index (Phi) is 5.71. The average Bonchev–Trinajstić information content (AvgIpc) is 2.36. The van der Waals surface area contributed by atoms with Crippen LogP contribution in [-0.4, -0.2) is 66.0 Å². The van der Waals surface area contributed by atoms with E-state index in [9.17, 15) is 14.4 Å². The third kappa shape index (κ3) is 5.00. The average molecular weight is 299 g/mol. The van der Waals surface area contributed by atoms with Gasteiger partial charge in [-0.25, -0.2) is 4.79 Å². The third-order valence-corrected chi connectivity index (χ3v) is 3.90. The summed E-state index contributed by atoms with van der Waals surface area (Å²) in [4.78, 5) is 38.5. The largest absolute Gasteiger partial charge is 0.481 e. The fourth-order valence-electron chi connectivity index (χ4n) is 2.35. The van der Waals surface area contributed by atoms with Gasteiger partial charge in [-0.2, -0.15) is 0 Å². The molecule has 0 radical (unpaired) electrons. The number of nitrogens with zero attached hydrogens (tertiary/aromatic N) is 2. The number of rotatable bonds is 4. The number of hydrogen-bond donors (Lipinski definition) is 2. The van der Waals surface area contributed by atoms with Crippen LogP contribution in [0, 0.1) is 5.41 Å². The van der Waals surface area contributed by atoms with E-state index in [0.29, 0.717) is 0 Å². The number of carboxylic acid groups (broad SMARTS) is 1. The second-order valence-electron chi connectivity index (χ2n) is 6.39. The van der Waals surface area contributed by atoms with Crippen LogP contribution in [0.4, 0.5) is 4.79 Å². The molecule has 0 aliphatic carbocycles. The molecule has 0 aromatic rings. The molecule has 2 N–H and O–H groups in total. The molecule has 21 heavy (non-hydrogen) atoms. The Morgan fingerprint density at radius 3 is 2.52 bits per heavy atom. The molecule has 0 spiro atoms. The molecule has 0 aromatic heterocycles. The lowest BCUT2D eigenvalue weighted by Gasteiger charge is -2.35. The lowest BCUT2D eigenvalue weighted by atomic mass is 9.89. The Bertz CT molecular complexity index is 422. The zero-order valence-electron chi connectivity index (χ0n) is 13.2. The van der Waals surface area contributed by atoms with Gasteiger partial charge in [0.25, 0.3) is 0 Å². The molecule has 0 aromatic carbocycles.